The molecular weight excluding hydrogens is 548 g/mol. The molecule has 10 heteroatoms. The van der Waals surface area contributed by atoms with Gasteiger partial charge >= 0.3 is 0 Å². The lowest BCUT2D eigenvalue weighted by Gasteiger charge is -2.21. The number of hydrogen-bond acceptors (Lipinski definition) is 6. The molecule has 5 aromatic rings. The zero-order valence-corrected chi connectivity index (χ0v) is 24.2. The fourth-order valence-corrected chi connectivity index (χ4v) is 6.43. The molecule has 0 fully saturated rings. The van der Waals surface area contributed by atoms with E-state index in [0.717, 1.165) is 5.69 Å². The Bertz CT molecular complexity index is 1970. The second kappa shape index (κ2) is 12.3. The lowest BCUT2D eigenvalue weighted by Crippen LogP contribution is -2.32. The Morgan fingerprint density at radius 2 is 1.71 bits per heavy atom. The molecule has 1 N–H and O–H groups in total. The predicted molar refractivity (Wildman–Crippen MR) is 164 cm³/mol. The van der Waals surface area contributed by atoms with Gasteiger partial charge in [0.1, 0.15) is 11.8 Å². The number of rotatable bonds is 10. The highest BCUT2D eigenvalue weighted by molar-refractivity contribution is 7.89. The van der Waals surface area contributed by atoms with E-state index in [2.05, 4.69) is 16.0 Å². The number of aromatic nitrogens is 4. The maximum absolute atomic E-state index is 13.6. The Morgan fingerprint density at radius 1 is 1.00 bits per heavy atom. The summed E-state index contributed by atoms with van der Waals surface area (Å²) in [6.45, 7) is 4.76. The van der Waals surface area contributed by atoms with E-state index in [0.29, 0.717) is 53.7 Å². The topological polar surface area (TPSA) is 125 Å². The van der Waals surface area contributed by atoms with Gasteiger partial charge in [0.05, 0.1) is 27.1 Å². The van der Waals surface area contributed by atoms with Crippen molar-refractivity contribution in [1.29, 1.82) is 5.26 Å². The van der Waals surface area contributed by atoms with Crippen LogP contribution in [0.3, 0.4) is 0 Å². The van der Waals surface area contributed by atoms with Crippen LogP contribution in [0.5, 0.6) is 0 Å². The van der Waals surface area contributed by atoms with Crippen LogP contribution in [-0.2, 0) is 10.0 Å². The molecule has 0 radical (unpaired) electrons. The second-order valence-electron chi connectivity index (χ2n) is 9.75. The zero-order chi connectivity index (χ0) is 29.7. The largest absolute Gasteiger partial charge is 0.305 e. The summed E-state index contributed by atoms with van der Waals surface area (Å²) in [6, 6.07) is 25.2. The van der Waals surface area contributed by atoms with Gasteiger partial charge in [-0.25, -0.2) is 18.1 Å². The molecule has 0 bridgehead atoms. The van der Waals surface area contributed by atoms with Crippen molar-refractivity contribution >= 4 is 32.6 Å². The first-order chi connectivity index (χ1) is 20.3. The number of nitrogens with one attached hydrogen (secondary N) is 1. The summed E-state index contributed by atoms with van der Waals surface area (Å²) in [5, 5.41) is 15.3. The molecule has 0 aliphatic heterocycles. The van der Waals surface area contributed by atoms with Gasteiger partial charge in [-0.15, -0.1) is 0 Å². The monoisotopic (exact) mass is 578 g/mol. The second-order valence-corrected chi connectivity index (χ2v) is 11.7. The van der Waals surface area contributed by atoms with Crippen molar-refractivity contribution in [2.45, 2.75) is 31.6 Å². The van der Waals surface area contributed by atoms with Crippen LogP contribution in [0, 0.1) is 11.3 Å². The summed E-state index contributed by atoms with van der Waals surface area (Å²) < 4.78 is 30.3. The van der Waals surface area contributed by atoms with Crippen LogP contribution < -0.4 is 5.56 Å². The Kier molecular flexibility index (Phi) is 8.43. The highest BCUT2D eigenvalue weighted by atomic mass is 32.2. The van der Waals surface area contributed by atoms with Gasteiger partial charge in [0.15, 0.2) is 5.82 Å². The molecule has 0 saturated carbocycles. The van der Waals surface area contributed by atoms with E-state index in [1.807, 2.05) is 44.2 Å². The van der Waals surface area contributed by atoms with Gasteiger partial charge in [-0.05, 0) is 55.3 Å². The molecule has 212 valence electrons. The van der Waals surface area contributed by atoms with E-state index in [1.54, 1.807) is 65.5 Å². The van der Waals surface area contributed by atoms with E-state index in [1.165, 1.54) is 4.31 Å². The highest BCUT2D eigenvalue weighted by Gasteiger charge is 2.24. The van der Waals surface area contributed by atoms with Crippen molar-refractivity contribution in [3.05, 3.63) is 107 Å². The number of benzene rings is 3. The Balaban J connectivity index is 1.66. The van der Waals surface area contributed by atoms with Gasteiger partial charge in [-0.3, -0.25) is 4.79 Å². The van der Waals surface area contributed by atoms with Crippen LogP contribution in [0.4, 0.5) is 0 Å². The van der Waals surface area contributed by atoms with E-state index in [4.69, 9.17) is 5.10 Å². The Hall–Kier alpha value is -4.85. The average molecular weight is 579 g/mol. The molecule has 5 rings (SSSR count). The van der Waals surface area contributed by atoms with Gasteiger partial charge < -0.3 is 4.98 Å². The number of H-pyrrole nitrogens is 1. The molecule has 0 unspecified atom stereocenters. The third-order valence-electron chi connectivity index (χ3n) is 6.74. The molecule has 3 aromatic carbocycles. The van der Waals surface area contributed by atoms with E-state index >= 15 is 0 Å². The highest BCUT2D eigenvalue weighted by Crippen LogP contribution is 2.30. The number of hydrogen-bond donors (Lipinski definition) is 1. The molecular formula is C32H30N6O3S. The lowest BCUT2D eigenvalue weighted by molar-refractivity contribution is 0.410. The van der Waals surface area contributed by atoms with Crippen molar-refractivity contribution in [3.8, 4) is 23.0 Å². The quantitative estimate of drug-likeness (QED) is 0.214. The van der Waals surface area contributed by atoms with Crippen LogP contribution in [0.15, 0.2) is 94.7 Å². The van der Waals surface area contributed by atoms with Crippen molar-refractivity contribution in [1.82, 2.24) is 24.1 Å². The number of aromatic amines is 1. The molecule has 2 heterocycles. The number of fused-ring (bicyclic) bond motifs is 1. The number of sulfonamides is 1. The van der Waals surface area contributed by atoms with Crippen molar-refractivity contribution in [2.24, 2.45) is 0 Å². The van der Waals surface area contributed by atoms with Crippen LogP contribution in [-0.4, -0.2) is 45.6 Å². The third-order valence-corrected chi connectivity index (χ3v) is 8.64. The van der Waals surface area contributed by atoms with E-state index < -0.39 is 10.0 Å². The van der Waals surface area contributed by atoms with Crippen LogP contribution >= 0.6 is 0 Å². The normalized spacial score (nSPS) is 12.1. The number of allylic oxidation sites excluding steroid dienone is 1. The van der Waals surface area contributed by atoms with E-state index in [9.17, 15) is 18.5 Å². The Morgan fingerprint density at radius 3 is 2.43 bits per heavy atom. The van der Waals surface area contributed by atoms with Gasteiger partial charge in [-0.2, -0.15) is 14.7 Å². The summed E-state index contributed by atoms with van der Waals surface area (Å²) in [7, 11) is -3.73. The smallest absolute Gasteiger partial charge is 0.259 e. The standard InChI is InChI=1S/C32H30N6O3S/c1-3-17-37(18-4-2)42(40,41)27-14-10-11-23(20-27)30-25(22-38(36-30)26-12-6-5-7-13-26)19-24(21-33)31-34-29-16-9-8-15-28(29)32(39)35-31/h5-16,19-20,22H,3-4,17-18H2,1-2H3,(H,34,35,39). The lowest BCUT2D eigenvalue weighted by atomic mass is 10.1. The zero-order valence-electron chi connectivity index (χ0n) is 23.4. The third kappa shape index (κ3) is 5.79. The maximum atomic E-state index is 13.6. The van der Waals surface area contributed by atoms with Crippen molar-refractivity contribution in [2.75, 3.05) is 13.1 Å². The summed E-state index contributed by atoms with van der Waals surface area (Å²) in [4.78, 5) is 20.1. The maximum Gasteiger partial charge on any atom is 0.259 e. The molecule has 0 amide bonds. The molecule has 0 saturated heterocycles. The van der Waals surface area contributed by atoms with Crippen LogP contribution in [0.2, 0.25) is 0 Å². The van der Waals surface area contributed by atoms with Gasteiger partial charge in [0.2, 0.25) is 10.0 Å². The summed E-state index contributed by atoms with van der Waals surface area (Å²) in [5.74, 6) is 0.130. The van der Waals surface area contributed by atoms with Crippen LogP contribution in [0.25, 0.3) is 39.5 Å². The van der Waals surface area contributed by atoms with E-state index in [-0.39, 0.29) is 21.9 Å². The molecule has 42 heavy (non-hydrogen) atoms. The van der Waals surface area contributed by atoms with Crippen molar-refractivity contribution in [3.63, 3.8) is 0 Å². The number of nitriles is 1. The minimum atomic E-state index is -3.73. The SMILES string of the molecule is CCCN(CCC)S(=O)(=O)c1cccc(-c2nn(-c3ccccc3)cc2C=C(C#N)c2nc3ccccc3c(=O)[nH]2)c1. The average Bonchev–Trinajstić information content (AvgIpc) is 3.44. The van der Waals surface area contributed by atoms with Gasteiger partial charge in [0.25, 0.3) is 5.56 Å². The fraction of sp³-hybridized carbons (Fsp3) is 0.188. The summed E-state index contributed by atoms with van der Waals surface area (Å²) in [5.41, 5.74) is 2.65. The number of nitrogens with zero attached hydrogens (tertiary/aromatic N) is 5. The predicted octanol–water partition coefficient (Wildman–Crippen LogP) is 5.65. The molecule has 0 aliphatic carbocycles. The minimum absolute atomic E-state index is 0.130. The molecule has 0 atom stereocenters. The molecule has 9 nitrogen and oxygen atoms in total. The molecule has 2 aromatic heterocycles. The number of para-hydroxylation sites is 2. The van der Waals surface area contributed by atoms with Crippen LogP contribution in [0.1, 0.15) is 38.1 Å². The summed E-state index contributed by atoms with van der Waals surface area (Å²) >= 11 is 0. The fourth-order valence-electron chi connectivity index (χ4n) is 4.76. The first-order valence-corrected chi connectivity index (χ1v) is 15.2. The van der Waals surface area contributed by atoms with Crippen molar-refractivity contribution < 1.29 is 8.42 Å². The van der Waals surface area contributed by atoms with Gasteiger partial charge in [0, 0.05) is 30.4 Å². The van der Waals surface area contributed by atoms with Gasteiger partial charge in [-0.1, -0.05) is 56.3 Å². The Labute approximate surface area is 244 Å². The minimum Gasteiger partial charge on any atom is -0.305 e. The first kappa shape index (κ1) is 28.7. The first-order valence-electron chi connectivity index (χ1n) is 13.7. The summed E-state index contributed by atoms with van der Waals surface area (Å²) in [6.07, 6.45) is 4.79. The molecule has 0 spiro atoms. The molecule has 0 aliphatic rings.